The minimum atomic E-state index is -4.86. The zero-order valence-corrected chi connectivity index (χ0v) is 32.7. The highest BCUT2D eigenvalue weighted by molar-refractivity contribution is 7.86. The lowest BCUT2D eigenvalue weighted by atomic mass is 9.76. The summed E-state index contributed by atoms with van der Waals surface area (Å²) in [6.45, 7) is 9.79. The van der Waals surface area contributed by atoms with Crippen molar-refractivity contribution in [2.45, 2.75) is 102 Å². The van der Waals surface area contributed by atoms with Crippen LogP contribution in [0.25, 0.3) is 11.1 Å². The Hall–Kier alpha value is -2.05. The Morgan fingerprint density at radius 1 is 0.860 bits per heavy atom. The van der Waals surface area contributed by atoms with Gasteiger partial charge < -0.3 is 15.2 Å². The molecule has 0 heterocycles. The summed E-state index contributed by atoms with van der Waals surface area (Å²) in [5.41, 5.74) is 0.600. The maximum atomic E-state index is 12.7. The van der Waals surface area contributed by atoms with Gasteiger partial charge in [0, 0.05) is 48.2 Å². The Bertz CT molecular complexity index is 1690. The van der Waals surface area contributed by atoms with E-state index in [0.717, 1.165) is 64.1 Å². The summed E-state index contributed by atoms with van der Waals surface area (Å²) < 4.78 is 81.9. The summed E-state index contributed by atoms with van der Waals surface area (Å²) in [5.74, 6) is 1.57. The molecule has 50 heavy (non-hydrogen) atoms. The second-order valence-corrected chi connectivity index (χ2v) is 16.7. The average Bonchev–Trinajstić information content (AvgIpc) is 3.44. The molecule has 1 aliphatic rings. The summed E-state index contributed by atoms with van der Waals surface area (Å²) in [6.07, 6.45) is 7.65. The van der Waals surface area contributed by atoms with Crippen LogP contribution < -0.4 is 19.5 Å². The topological polar surface area (TPSA) is 191 Å². The predicted molar refractivity (Wildman–Crippen MR) is 201 cm³/mol. The van der Waals surface area contributed by atoms with Gasteiger partial charge in [-0.25, -0.2) is 0 Å². The third-order valence-electron chi connectivity index (χ3n) is 9.73. The minimum absolute atomic E-state index is 0.0301. The van der Waals surface area contributed by atoms with Crippen LogP contribution in [0.5, 0.6) is 11.5 Å². The highest BCUT2D eigenvalue weighted by atomic mass is 32.2. The first-order valence-corrected chi connectivity index (χ1v) is 21.0. The number of rotatable bonds is 22. The van der Waals surface area contributed by atoms with Crippen molar-refractivity contribution < 1.29 is 40.6 Å². The van der Waals surface area contributed by atoms with Gasteiger partial charge >= 0.3 is 0 Å². The maximum absolute atomic E-state index is 12.7. The molecule has 2 aromatic rings. The number of fused-ring (bicyclic) bond motifs is 3. The fourth-order valence-electron chi connectivity index (χ4n) is 7.17. The van der Waals surface area contributed by atoms with Crippen molar-refractivity contribution in [2.75, 3.05) is 26.2 Å². The first-order chi connectivity index (χ1) is 23.6. The Kier molecular flexibility index (Phi) is 16.2. The molecule has 3 rings (SSSR count). The molecular formula is C34H53N3O9S4. The minimum Gasteiger partial charge on any atom is -0.507 e. The molecule has 0 fully saturated rings. The molecule has 2 unspecified atom stereocenters. The smallest absolute Gasteiger partial charge is 0.295 e. The number of unbranched alkanes of at least 4 members (excludes halogenated alkanes) is 1. The van der Waals surface area contributed by atoms with Crippen LogP contribution in [0.15, 0.2) is 21.9 Å². The molecule has 1 aliphatic carbocycles. The van der Waals surface area contributed by atoms with Gasteiger partial charge in [-0.1, -0.05) is 52.8 Å². The number of phenolic OH excluding ortho intramolecular Hbond substituents is 1. The van der Waals surface area contributed by atoms with Crippen molar-refractivity contribution in [3.8, 4) is 22.6 Å². The van der Waals surface area contributed by atoms with E-state index in [9.17, 15) is 35.8 Å². The second-order valence-electron chi connectivity index (χ2n) is 13.3. The maximum Gasteiger partial charge on any atom is 0.295 e. The number of aryl methyl sites for hydroxylation is 2. The number of thiol groups is 2. The van der Waals surface area contributed by atoms with E-state index in [1.54, 1.807) is 6.92 Å². The van der Waals surface area contributed by atoms with E-state index in [1.165, 1.54) is 13.0 Å². The third-order valence-corrected chi connectivity index (χ3v) is 11.9. The lowest BCUT2D eigenvalue weighted by Gasteiger charge is -2.30. The molecule has 0 saturated carbocycles. The SMILES string of the molecule is CCc1cc(S(=O)(=O)O)c2c(c1OCCNC(=O)CCCCC(C(C)CCCNS)C(C)CCCNS)Cc1c(O)c(C)cc(S(=O)(=O)O)c1-2. The Labute approximate surface area is 308 Å². The van der Waals surface area contributed by atoms with E-state index < -0.39 is 30.0 Å². The standard InChI is InChI=1S/C34H53N3O9S4/c1-5-24-19-29(50(43,44)45)32-27(20-26-31(32)28(49(40,41)42)18-23(4)33(26)39)34(24)46-17-16-35-30(38)13-7-6-12-25(21(2)10-8-14-36-47)22(3)11-9-15-37-48/h18-19,21-22,25,36-37,39,47-48H,5-17,20H2,1-4H3,(H,35,38)(H,40,41,42)(H,43,44,45). The summed E-state index contributed by atoms with van der Waals surface area (Å²) >= 11 is 8.20. The van der Waals surface area contributed by atoms with Crippen molar-refractivity contribution in [3.63, 3.8) is 0 Å². The number of carbonyl (C=O) groups is 1. The average molecular weight is 776 g/mol. The van der Waals surface area contributed by atoms with Crippen molar-refractivity contribution >= 4 is 51.8 Å². The Morgan fingerprint density at radius 2 is 1.42 bits per heavy atom. The monoisotopic (exact) mass is 775 g/mol. The van der Waals surface area contributed by atoms with E-state index in [0.29, 0.717) is 36.2 Å². The van der Waals surface area contributed by atoms with Crippen LogP contribution in [0.1, 0.15) is 94.4 Å². The second kappa shape index (κ2) is 19.1. The van der Waals surface area contributed by atoms with Crippen LogP contribution in [-0.2, 0) is 37.9 Å². The summed E-state index contributed by atoms with van der Waals surface area (Å²) in [7, 11) is -9.71. The lowest BCUT2D eigenvalue weighted by Crippen LogP contribution is -2.28. The van der Waals surface area contributed by atoms with Gasteiger partial charge in [-0.2, -0.15) is 16.8 Å². The van der Waals surface area contributed by atoms with E-state index in [4.69, 9.17) is 4.74 Å². The number of nitrogens with one attached hydrogen (secondary N) is 3. The molecular weight excluding hydrogens is 723 g/mol. The van der Waals surface area contributed by atoms with Crippen LogP contribution in [-0.4, -0.2) is 63.2 Å². The van der Waals surface area contributed by atoms with Gasteiger partial charge in [-0.15, -0.1) is 0 Å². The van der Waals surface area contributed by atoms with Crippen molar-refractivity contribution in [2.24, 2.45) is 17.8 Å². The molecule has 1 amide bonds. The van der Waals surface area contributed by atoms with Gasteiger partial charge in [-0.3, -0.25) is 23.3 Å². The van der Waals surface area contributed by atoms with Crippen LogP contribution in [0.3, 0.4) is 0 Å². The third kappa shape index (κ3) is 11.0. The molecule has 6 N–H and O–H groups in total. The molecule has 0 bridgehead atoms. The van der Waals surface area contributed by atoms with Crippen molar-refractivity contribution in [1.82, 2.24) is 14.8 Å². The van der Waals surface area contributed by atoms with Gasteiger partial charge in [0.15, 0.2) is 0 Å². The largest absolute Gasteiger partial charge is 0.507 e. The summed E-state index contributed by atoms with van der Waals surface area (Å²) in [4.78, 5) is 11.6. The summed E-state index contributed by atoms with van der Waals surface area (Å²) in [6, 6.07) is 2.27. The molecule has 0 radical (unpaired) electrons. The molecule has 16 heteroatoms. The Balaban J connectivity index is 1.68. The van der Waals surface area contributed by atoms with Gasteiger partial charge in [0.25, 0.3) is 20.2 Å². The highest BCUT2D eigenvalue weighted by Gasteiger charge is 2.37. The molecule has 0 aromatic heterocycles. The van der Waals surface area contributed by atoms with E-state index in [1.807, 2.05) is 0 Å². The zero-order valence-electron chi connectivity index (χ0n) is 29.3. The van der Waals surface area contributed by atoms with E-state index in [2.05, 4.69) is 54.2 Å². The fraction of sp³-hybridized carbons (Fsp3) is 0.618. The number of ether oxygens (including phenoxy) is 1. The number of carbonyl (C=O) groups excluding carboxylic acids is 1. The van der Waals surface area contributed by atoms with Crippen molar-refractivity contribution in [1.29, 1.82) is 0 Å². The number of benzene rings is 2. The number of amides is 1. The lowest BCUT2D eigenvalue weighted by molar-refractivity contribution is -0.121. The highest BCUT2D eigenvalue weighted by Crippen LogP contribution is 2.52. The van der Waals surface area contributed by atoms with E-state index in [-0.39, 0.29) is 64.8 Å². The van der Waals surface area contributed by atoms with Gasteiger partial charge in [0.1, 0.15) is 27.9 Å². The number of phenols is 1. The first-order valence-electron chi connectivity index (χ1n) is 17.2. The van der Waals surface area contributed by atoms with Crippen LogP contribution >= 0.6 is 25.6 Å². The van der Waals surface area contributed by atoms with E-state index >= 15 is 0 Å². The number of aromatic hydroxyl groups is 1. The van der Waals surface area contributed by atoms with Crippen LogP contribution in [0.2, 0.25) is 0 Å². The Morgan fingerprint density at radius 3 is 1.96 bits per heavy atom. The zero-order chi connectivity index (χ0) is 37.2. The molecule has 0 saturated heterocycles. The fourth-order valence-corrected chi connectivity index (χ4v) is 9.07. The molecule has 282 valence electrons. The number of hydrogen-bond acceptors (Lipinski definition) is 11. The molecule has 12 nitrogen and oxygen atoms in total. The molecule has 2 atom stereocenters. The number of hydrogen-bond donors (Lipinski definition) is 8. The normalized spacial score (nSPS) is 14.6. The first kappa shape index (κ1) is 42.4. The van der Waals surface area contributed by atoms with Crippen LogP contribution in [0, 0.1) is 24.7 Å². The quantitative estimate of drug-likeness (QED) is 0.0355. The van der Waals surface area contributed by atoms with Crippen LogP contribution in [0.4, 0.5) is 0 Å². The van der Waals surface area contributed by atoms with Gasteiger partial charge in [0.05, 0.1) is 6.54 Å². The molecule has 2 aromatic carbocycles. The van der Waals surface area contributed by atoms with Crippen molar-refractivity contribution in [3.05, 3.63) is 34.4 Å². The van der Waals surface area contributed by atoms with Gasteiger partial charge in [0.2, 0.25) is 5.91 Å². The van der Waals surface area contributed by atoms with Gasteiger partial charge in [-0.05, 0) is 92.9 Å². The molecule has 0 aliphatic heterocycles. The summed E-state index contributed by atoms with van der Waals surface area (Å²) in [5, 5.41) is 13.7. The predicted octanol–water partition coefficient (Wildman–Crippen LogP) is 5.70. The molecule has 0 spiro atoms.